The quantitative estimate of drug-likeness (QED) is 0.728. The molecule has 0 aromatic heterocycles. The maximum absolute atomic E-state index is 11.8. The monoisotopic (exact) mass is 256 g/mol. The highest BCUT2D eigenvalue weighted by Gasteiger charge is 2.15. The average molecular weight is 257 g/mol. The van der Waals surface area contributed by atoms with E-state index in [2.05, 4.69) is 0 Å². The van der Waals surface area contributed by atoms with Crippen molar-refractivity contribution in [2.24, 2.45) is 0 Å². The molecule has 0 amide bonds. The first-order chi connectivity index (χ1) is 8.13. The molecule has 0 atom stereocenters. The molecule has 94 valence electrons. The number of carbonyl (C=O) groups excluding carboxylic acids is 1. The third kappa shape index (κ3) is 3.37. The lowest BCUT2D eigenvalue weighted by Crippen LogP contribution is -2.04. The van der Waals surface area contributed by atoms with Crippen LogP contribution < -0.4 is 9.47 Å². The van der Waals surface area contributed by atoms with Gasteiger partial charge in [-0.3, -0.25) is 4.79 Å². The molecule has 1 rings (SSSR count). The van der Waals surface area contributed by atoms with E-state index in [1.165, 1.54) is 0 Å². The largest absolute Gasteiger partial charge is 0.493 e. The van der Waals surface area contributed by atoms with Crippen molar-refractivity contribution in [1.29, 1.82) is 0 Å². The van der Waals surface area contributed by atoms with Crippen LogP contribution in [0, 0.1) is 0 Å². The second-order valence-electron chi connectivity index (χ2n) is 3.42. The van der Waals surface area contributed by atoms with Crippen molar-refractivity contribution in [3.05, 3.63) is 22.7 Å². The summed E-state index contributed by atoms with van der Waals surface area (Å²) in [6.45, 7) is 6.57. The summed E-state index contributed by atoms with van der Waals surface area (Å²) in [5.74, 6) is 1.09. The van der Waals surface area contributed by atoms with Crippen molar-refractivity contribution < 1.29 is 14.3 Å². The number of carbonyl (C=O) groups is 1. The van der Waals surface area contributed by atoms with Gasteiger partial charge in [0.05, 0.1) is 23.8 Å². The zero-order chi connectivity index (χ0) is 12.8. The summed E-state index contributed by atoms with van der Waals surface area (Å²) in [6.07, 6.45) is 0.421. The van der Waals surface area contributed by atoms with Crippen LogP contribution in [0.4, 0.5) is 0 Å². The minimum absolute atomic E-state index is 0.0124. The number of hydrogen-bond donors (Lipinski definition) is 0. The SMILES string of the molecule is CCOc1cc(OCC)c(C(=O)CC)cc1Cl. The van der Waals surface area contributed by atoms with Crippen LogP contribution in [-0.2, 0) is 0 Å². The van der Waals surface area contributed by atoms with Gasteiger partial charge in [0.2, 0.25) is 0 Å². The van der Waals surface area contributed by atoms with Gasteiger partial charge < -0.3 is 9.47 Å². The van der Waals surface area contributed by atoms with Crippen molar-refractivity contribution in [3.63, 3.8) is 0 Å². The normalized spacial score (nSPS) is 10.1. The molecule has 0 radical (unpaired) electrons. The van der Waals surface area contributed by atoms with E-state index >= 15 is 0 Å². The van der Waals surface area contributed by atoms with Crippen LogP contribution in [0.15, 0.2) is 12.1 Å². The molecule has 0 saturated heterocycles. The molecule has 0 heterocycles. The highest BCUT2D eigenvalue weighted by Crippen LogP contribution is 2.33. The zero-order valence-corrected chi connectivity index (χ0v) is 11.1. The van der Waals surface area contributed by atoms with E-state index in [0.29, 0.717) is 41.7 Å². The molecule has 0 bridgehead atoms. The van der Waals surface area contributed by atoms with E-state index < -0.39 is 0 Å². The summed E-state index contributed by atoms with van der Waals surface area (Å²) < 4.78 is 10.8. The molecule has 3 nitrogen and oxygen atoms in total. The summed E-state index contributed by atoms with van der Waals surface area (Å²) in [5, 5.41) is 0.437. The van der Waals surface area contributed by atoms with E-state index in [1.54, 1.807) is 12.1 Å². The van der Waals surface area contributed by atoms with Gasteiger partial charge in [0, 0.05) is 12.5 Å². The van der Waals surface area contributed by atoms with Crippen LogP contribution in [-0.4, -0.2) is 19.0 Å². The van der Waals surface area contributed by atoms with Gasteiger partial charge in [0.25, 0.3) is 0 Å². The Morgan fingerprint density at radius 1 is 1.12 bits per heavy atom. The third-order valence-electron chi connectivity index (χ3n) is 2.26. The fraction of sp³-hybridized carbons (Fsp3) is 0.462. The summed E-state index contributed by atoms with van der Waals surface area (Å²) in [6, 6.07) is 3.29. The lowest BCUT2D eigenvalue weighted by atomic mass is 10.1. The Bertz CT molecular complexity index is 402. The van der Waals surface area contributed by atoms with Crippen LogP contribution in [0.1, 0.15) is 37.6 Å². The molecule has 1 aromatic rings. The molecule has 0 aliphatic carbocycles. The number of hydrogen-bond acceptors (Lipinski definition) is 3. The van der Waals surface area contributed by atoms with E-state index in [-0.39, 0.29) is 5.78 Å². The van der Waals surface area contributed by atoms with Crippen molar-refractivity contribution in [3.8, 4) is 11.5 Å². The molecular formula is C13H17ClO3. The number of ether oxygens (including phenoxy) is 2. The Labute approximate surface area is 107 Å². The number of benzene rings is 1. The number of rotatable bonds is 6. The standard InChI is InChI=1S/C13H17ClO3/c1-4-11(15)9-7-10(14)13(17-6-3)8-12(9)16-5-2/h7-8H,4-6H2,1-3H3. The van der Waals surface area contributed by atoms with Crippen LogP contribution in [0.5, 0.6) is 11.5 Å². The third-order valence-corrected chi connectivity index (χ3v) is 2.55. The molecule has 0 saturated carbocycles. The fourth-order valence-electron chi connectivity index (χ4n) is 1.48. The summed E-state index contributed by atoms with van der Waals surface area (Å²) in [4.78, 5) is 11.8. The molecule has 0 unspecified atom stereocenters. The lowest BCUT2D eigenvalue weighted by molar-refractivity contribution is 0.0984. The molecule has 0 aliphatic rings. The minimum Gasteiger partial charge on any atom is -0.493 e. The summed E-state index contributed by atoms with van der Waals surface area (Å²) >= 11 is 6.05. The van der Waals surface area contributed by atoms with Gasteiger partial charge in [-0.25, -0.2) is 0 Å². The lowest BCUT2D eigenvalue weighted by Gasteiger charge is -2.13. The Morgan fingerprint density at radius 2 is 1.71 bits per heavy atom. The van der Waals surface area contributed by atoms with Crippen molar-refractivity contribution in [2.75, 3.05) is 13.2 Å². The first-order valence-corrected chi connectivity index (χ1v) is 6.14. The van der Waals surface area contributed by atoms with Crippen molar-refractivity contribution >= 4 is 17.4 Å². The Balaban J connectivity index is 3.20. The van der Waals surface area contributed by atoms with Gasteiger partial charge in [0.15, 0.2) is 5.78 Å². The average Bonchev–Trinajstić information content (AvgIpc) is 2.32. The maximum Gasteiger partial charge on any atom is 0.166 e. The van der Waals surface area contributed by atoms with Gasteiger partial charge in [-0.15, -0.1) is 0 Å². The summed E-state index contributed by atoms with van der Waals surface area (Å²) in [7, 11) is 0. The highest BCUT2D eigenvalue weighted by molar-refractivity contribution is 6.32. The first-order valence-electron chi connectivity index (χ1n) is 5.76. The predicted octanol–water partition coefficient (Wildman–Crippen LogP) is 3.73. The highest BCUT2D eigenvalue weighted by atomic mass is 35.5. The van der Waals surface area contributed by atoms with E-state index in [9.17, 15) is 4.79 Å². The van der Waals surface area contributed by atoms with Gasteiger partial charge in [-0.1, -0.05) is 18.5 Å². The second kappa shape index (κ2) is 6.50. The Kier molecular flexibility index (Phi) is 5.29. The van der Waals surface area contributed by atoms with Crippen LogP contribution in [0.25, 0.3) is 0 Å². The molecule has 0 spiro atoms. The smallest absolute Gasteiger partial charge is 0.166 e. The van der Waals surface area contributed by atoms with Crippen LogP contribution >= 0.6 is 11.6 Å². The Morgan fingerprint density at radius 3 is 2.24 bits per heavy atom. The molecule has 0 fully saturated rings. The molecule has 17 heavy (non-hydrogen) atoms. The zero-order valence-electron chi connectivity index (χ0n) is 10.4. The van der Waals surface area contributed by atoms with E-state index in [4.69, 9.17) is 21.1 Å². The number of halogens is 1. The minimum atomic E-state index is 0.0124. The summed E-state index contributed by atoms with van der Waals surface area (Å²) in [5.41, 5.74) is 0.516. The molecule has 0 N–H and O–H groups in total. The second-order valence-corrected chi connectivity index (χ2v) is 3.83. The van der Waals surface area contributed by atoms with Crippen molar-refractivity contribution in [1.82, 2.24) is 0 Å². The molecule has 4 heteroatoms. The van der Waals surface area contributed by atoms with Crippen LogP contribution in [0.3, 0.4) is 0 Å². The molecular weight excluding hydrogens is 240 g/mol. The van der Waals surface area contributed by atoms with Crippen molar-refractivity contribution in [2.45, 2.75) is 27.2 Å². The number of ketones is 1. The fourth-order valence-corrected chi connectivity index (χ4v) is 1.70. The maximum atomic E-state index is 11.8. The van der Waals surface area contributed by atoms with E-state index in [0.717, 1.165) is 0 Å². The topological polar surface area (TPSA) is 35.5 Å². The van der Waals surface area contributed by atoms with Gasteiger partial charge in [-0.05, 0) is 19.9 Å². The van der Waals surface area contributed by atoms with Crippen LogP contribution in [0.2, 0.25) is 5.02 Å². The number of Topliss-reactive ketones (excluding diaryl/α,β-unsaturated/α-hetero) is 1. The van der Waals surface area contributed by atoms with Gasteiger partial charge in [0.1, 0.15) is 11.5 Å². The Hall–Kier alpha value is -1.22. The van der Waals surface area contributed by atoms with E-state index in [1.807, 2.05) is 20.8 Å². The predicted molar refractivity (Wildman–Crippen MR) is 68.4 cm³/mol. The van der Waals surface area contributed by atoms with Gasteiger partial charge >= 0.3 is 0 Å². The first kappa shape index (κ1) is 13.8. The molecule has 1 aromatic carbocycles. The van der Waals surface area contributed by atoms with Gasteiger partial charge in [-0.2, -0.15) is 0 Å². The molecule has 0 aliphatic heterocycles.